The standard InChI is InChI=1S/C13H23NO3/c1-12(2,3)17-11(16)14-8-13(9-14)7-10(13)5-4-6-15/h10,15H,4-9H2,1-3H3. The average molecular weight is 241 g/mol. The predicted molar refractivity (Wildman–Crippen MR) is 64.7 cm³/mol. The number of nitrogens with zero attached hydrogens (tertiary/aromatic N) is 1. The molecule has 1 unspecified atom stereocenters. The lowest BCUT2D eigenvalue weighted by atomic mass is 9.92. The van der Waals surface area contributed by atoms with Gasteiger partial charge in [-0.1, -0.05) is 0 Å². The van der Waals surface area contributed by atoms with Gasteiger partial charge in [0.25, 0.3) is 0 Å². The van der Waals surface area contributed by atoms with Gasteiger partial charge >= 0.3 is 6.09 Å². The molecule has 1 N–H and O–H groups in total. The van der Waals surface area contributed by atoms with Gasteiger partial charge in [0.2, 0.25) is 0 Å². The molecule has 1 saturated heterocycles. The van der Waals surface area contributed by atoms with Gasteiger partial charge in [0.05, 0.1) is 0 Å². The summed E-state index contributed by atoms with van der Waals surface area (Å²) in [5.41, 5.74) is -0.0221. The smallest absolute Gasteiger partial charge is 0.410 e. The number of likely N-dealkylation sites (tertiary alicyclic amines) is 1. The zero-order chi connectivity index (χ0) is 12.7. The Morgan fingerprint density at radius 3 is 2.65 bits per heavy atom. The van der Waals surface area contributed by atoms with Crippen LogP contribution in [0.1, 0.15) is 40.0 Å². The van der Waals surface area contributed by atoms with Crippen LogP contribution in [0.2, 0.25) is 0 Å². The summed E-state index contributed by atoms with van der Waals surface area (Å²) in [6.45, 7) is 7.64. The number of hydrogen-bond donors (Lipinski definition) is 1. The van der Waals surface area contributed by atoms with Crippen LogP contribution in [-0.2, 0) is 4.74 Å². The van der Waals surface area contributed by atoms with Crippen molar-refractivity contribution in [2.24, 2.45) is 11.3 Å². The molecule has 1 heterocycles. The van der Waals surface area contributed by atoms with Crippen LogP contribution in [0.25, 0.3) is 0 Å². The van der Waals surface area contributed by atoms with E-state index in [9.17, 15) is 4.79 Å². The molecule has 1 aliphatic carbocycles. The summed E-state index contributed by atoms with van der Waals surface area (Å²) >= 11 is 0. The van der Waals surface area contributed by atoms with Crippen LogP contribution >= 0.6 is 0 Å². The van der Waals surface area contributed by atoms with Crippen LogP contribution in [0.15, 0.2) is 0 Å². The zero-order valence-electron chi connectivity index (χ0n) is 11.0. The van der Waals surface area contributed by atoms with Gasteiger partial charge < -0.3 is 14.7 Å². The fourth-order valence-corrected chi connectivity index (χ4v) is 2.73. The molecule has 2 rings (SSSR count). The van der Waals surface area contributed by atoms with Crippen molar-refractivity contribution in [2.75, 3.05) is 19.7 Å². The first-order valence-electron chi connectivity index (χ1n) is 6.45. The second kappa shape index (κ2) is 4.16. The van der Waals surface area contributed by atoms with Gasteiger partial charge in [-0.05, 0) is 46.0 Å². The van der Waals surface area contributed by atoms with Crippen LogP contribution in [-0.4, -0.2) is 41.4 Å². The minimum Gasteiger partial charge on any atom is -0.444 e. The quantitative estimate of drug-likeness (QED) is 0.822. The molecule has 1 spiro atoms. The monoisotopic (exact) mass is 241 g/mol. The van der Waals surface area contributed by atoms with Gasteiger partial charge in [-0.25, -0.2) is 4.79 Å². The van der Waals surface area contributed by atoms with Gasteiger partial charge in [-0.2, -0.15) is 0 Å². The van der Waals surface area contributed by atoms with Crippen molar-refractivity contribution >= 4 is 6.09 Å². The van der Waals surface area contributed by atoms with Gasteiger partial charge in [0.15, 0.2) is 0 Å². The van der Waals surface area contributed by atoms with E-state index in [4.69, 9.17) is 9.84 Å². The number of rotatable bonds is 3. The molecule has 4 nitrogen and oxygen atoms in total. The molecule has 1 atom stereocenters. The average Bonchev–Trinajstić information content (AvgIpc) is 2.83. The number of ether oxygens (including phenoxy) is 1. The van der Waals surface area contributed by atoms with Crippen LogP contribution in [0.4, 0.5) is 4.79 Å². The Labute approximate surface area is 103 Å². The van der Waals surface area contributed by atoms with E-state index in [0.29, 0.717) is 11.3 Å². The number of carbonyl (C=O) groups excluding carboxylic acids is 1. The molecule has 98 valence electrons. The van der Waals surface area contributed by atoms with Gasteiger partial charge in [-0.3, -0.25) is 0 Å². The molecule has 0 radical (unpaired) electrons. The molecule has 0 aromatic heterocycles. The molecule has 0 aromatic carbocycles. The Kier molecular flexibility index (Phi) is 3.10. The predicted octanol–water partition coefficient (Wildman–Crippen LogP) is 2.02. The van der Waals surface area contributed by atoms with Crippen molar-refractivity contribution in [1.29, 1.82) is 0 Å². The minimum atomic E-state index is -0.403. The van der Waals surface area contributed by atoms with Gasteiger partial charge in [0.1, 0.15) is 5.60 Å². The summed E-state index contributed by atoms with van der Waals surface area (Å²) in [7, 11) is 0. The number of carbonyl (C=O) groups is 1. The second-order valence-corrected chi connectivity index (χ2v) is 6.47. The molecule has 17 heavy (non-hydrogen) atoms. The third-order valence-electron chi connectivity index (χ3n) is 3.73. The van der Waals surface area contributed by atoms with E-state index in [1.807, 2.05) is 20.8 Å². The number of aliphatic hydroxyl groups is 1. The highest BCUT2D eigenvalue weighted by molar-refractivity contribution is 5.69. The summed E-state index contributed by atoms with van der Waals surface area (Å²) in [6, 6.07) is 0. The maximum Gasteiger partial charge on any atom is 0.410 e. The molecule has 1 amide bonds. The molecule has 0 bridgehead atoms. The first-order chi connectivity index (χ1) is 7.86. The molecular formula is C13H23NO3. The van der Waals surface area contributed by atoms with E-state index in [1.165, 1.54) is 6.42 Å². The van der Waals surface area contributed by atoms with Crippen molar-refractivity contribution in [1.82, 2.24) is 4.90 Å². The SMILES string of the molecule is CC(C)(C)OC(=O)N1CC2(CC2CCCO)C1. The molecular weight excluding hydrogens is 218 g/mol. The summed E-state index contributed by atoms with van der Waals surface area (Å²) in [5.74, 6) is 0.716. The Hall–Kier alpha value is -0.770. The number of amides is 1. The van der Waals surface area contributed by atoms with E-state index < -0.39 is 5.60 Å². The Balaban J connectivity index is 1.71. The van der Waals surface area contributed by atoms with Gasteiger partial charge in [-0.15, -0.1) is 0 Å². The number of aliphatic hydroxyl groups excluding tert-OH is 1. The van der Waals surface area contributed by atoms with Crippen molar-refractivity contribution in [3.8, 4) is 0 Å². The molecule has 2 fully saturated rings. The van der Waals surface area contributed by atoms with E-state index >= 15 is 0 Å². The number of hydrogen-bond acceptors (Lipinski definition) is 3. The van der Waals surface area contributed by atoms with E-state index in [2.05, 4.69) is 0 Å². The first kappa shape index (κ1) is 12.7. The summed E-state index contributed by atoms with van der Waals surface area (Å²) in [5, 5.41) is 8.79. The zero-order valence-corrected chi connectivity index (χ0v) is 11.0. The summed E-state index contributed by atoms with van der Waals surface area (Å²) < 4.78 is 5.33. The van der Waals surface area contributed by atoms with Crippen LogP contribution < -0.4 is 0 Å². The maximum absolute atomic E-state index is 11.7. The molecule has 2 aliphatic rings. The second-order valence-electron chi connectivity index (χ2n) is 6.47. The fraction of sp³-hybridized carbons (Fsp3) is 0.923. The lowest BCUT2D eigenvalue weighted by Crippen LogP contribution is -2.53. The van der Waals surface area contributed by atoms with Crippen LogP contribution in [0.3, 0.4) is 0 Å². The Morgan fingerprint density at radius 1 is 1.47 bits per heavy atom. The van der Waals surface area contributed by atoms with Crippen LogP contribution in [0.5, 0.6) is 0 Å². The van der Waals surface area contributed by atoms with Crippen molar-refractivity contribution < 1.29 is 14.6 Å². The van der Waals surface area contributed by atoms with Crippen molar-refractivity contribution in [2.45, 2.75) is 45.6 Å². The lowest BCUT2D eigenvalue weighted by molar-refractivity contribution is -0.00964. The third kappa shape index (κ3) is 2.73. The normalized spacial score (nSPS) is 25.6. The highest BCUT2D eigenvalue weighted by Gasteiger charge is 2.61. The third-order valence-corrected chi connectivity index (χ3v) is 3.73. The minimum absolute atomic E-state index is 0.184. The van der Waals surface area contributed by atoms with E-state index in [0.717, 1.165) is 25.9 Å². The maximum atomic E-state index is 11.7. The summed E-state index contributed by atoms with van der Waals surface area (Å²) in [6.07, 6.45) is 3.01. The first-order valence-corrected chi connectivity index (χ1v) is 6.45. The fourth-order valence-electron chi connectivity index (χ4n) is 2.73. The highest BCUT2D eigenvalue weighted by Crippen LogP contribution is 2.60. The van der Waals surface area contributed by atoms with Gasteiger partial charge in [0, 0.05) is 25.1 Å². The molecule has 1 aliphatic heterocycles. The highest BCUT2D eigenvalue weighted by atomic mass is 16.6. The summed E-state index contributed by atoms with van der Waals surface area (Å²) in [4.78, 5) is 13.5. The van der Waals surface area contributed by atoms with Crippen LogP contribution in [0, 0.1) is 11.3 Å². The van der Waals surface area contributed by atoms with E-state index in [-0.39, 0.29) is 12.7 Å². The molecule has 4 heteroatoms. The van der Waals surface area contributed by atoms with Crippen molar-refractivity contribution in [3.63, 3.8) is 0 Å². The topological polar surface area (TPSA) is 49.8 Å². The van der Waals surface area contributed by atoms with Crippen molar-refractivity contribution in [3.05, 3.63) is 0 Å². The molecule has 1 saturated carbocycles. The Bertz CT molecular complexity index is 302. The largest absolute Gasteiger partial charge is 0.444 e. The lowest BCUT2D eigenvalue weighted by Gasteiger charge is -2.41. The van der Waals surface area contributed by atoms with E-state index in [1.54, 1.807) is 4.90 Å². The Morgan fingerprint density at radius 2 is 2.12 bits per heavy atom. The molecule has 0 aromatic rings.